The first-order valence-corrected chi connectivity index (χ1v) is 11.4. The molecule has 2 fully saturated rings. The van der Waals surface area contributed by atoms with E-state index in [2.05, 4.69) is 16.0 Å². The molecular weight excluding hydrogens is 392 g/mol. The average Bonchev–Trinajstić information content (AvgIpc) is 3.42. The SMILES string of the molecule is Cc1[nH]c2ccc3c(c2c1C(=O)OCc1ccoc1)CC1CCCN2CCCCC12O3. The Labute approximate surface area is 181 Å². The van der Waals surface area contributed by atoms with E-state index in [1.54, 1.807) is 12.5 Å². The van der Waals surface area contributed by atoms with E-state index < -0.39 is 0 Å². The third-order valence-electron chi connectivity index (χ3n) is 7.48. The molecule has 3 aliphatic rings. The number of carbonyl (C=O) groups excluding carboxylic acids is 1. The molecule has 0 saturated carbocycles. The van der Waals surface area contributed by atoms with Gasteiger partial charge in [-0.25, -0.2) is 4.79 Å². The monoisotopic (exact) mass is 420 g/mol. The molecule has 2 aromatic heterocycles. The summed E-state index contributed by atoms with van der Waals surface area (Å²) in [5.41, 5.74) is 4.28. The van der Waals surface area contributed by atoms with E-state index in [0.717, 1.165) is 59.4 Å². The lowest BCUT2D eigenvalue weighted by molar-refractivity contribution is -0.177. The first-order valence-electron chi connectivity index (χ1n) is 11.4. The van der Waals surface area contributed by atoms with Crippen LogP contribution in [-0.4, -0.2) is 34.7 Å². The number of aromatic nitrogens is 1. The second-order valence-corrected chi connectivity index (χ2v) is 9.23. The molecule has 0 amide bonds. The second-order valence-electron chi connectivity index (χ2n) is 9.23. The van der Waals surface area contributed by atoms with Crippen LogP contribution in [0.3, 0.4) is 0 Å². The van der Waals surface area contributed by atoms with E-state index in [0.29, 0.717) is 11.5 Å². The summed E-state index contributed by atoms with van der Waals surface area (Å²) in [6.45, 7) is 4.40. The van der Waals surface area contributed by atoms with E-state index >= 15 is 0 Å². The molecule has 0 radical (unpaired) electrons. The molecule has 3 aliphatic heterocycles. The highest BCUT2D eigenvalue weighted by Gasteiger charge is 2.52. The van der Waals surface area contributed by atoms with Crippen LogP contribution in [0.15, 0.2) is 35.1 Å². The summed E-state index contributed by atoms with van der Waals surface area (Å²) in [6.07, 6.45) is 10.1. The quantitative estimate of drug-likeness (QED) is 0.607. The van der Waals surface area contributed by atoms with Gasteiger partial charge < -0.3 is 18.9 Å². The van der Waals surface area contributed by atoms with Crippen molar-refractivity contribution in [1.82, 2.24) is 9.88 Å². The maximum atomic E-state index is 13.1. The van der Waals surface area contributed by atoms with Gasteiger partial charge in [-0.3, -0.25) is 4.90 Å². The minimum absolute atomic E-state index is 0.162. The van der Waals surface area contributed by atoms with E-state index in [9.17, 15) is 4.79 Å². The second kappa shape index (κ2) is 7.16. The largest absolute Gasteiger partial charge is 0.472 e. The highest BCUT2D eigenvalue weighted by molar-refractivity contribution is 6.07. The highest BCUT2D eigenvalue weighted by Crippen LogP contribution is 2.50. The number of nitrogens with zero attached hydrogens (tertiary/aromatic N) is 1. The van der Waals surface area contributed by atoms with Gasteiger partial charge in [0.2, 0.25) is 0 Å². The van der Waals surface area contributed by atoms with Crippen molar-refractivity contribution in [1.29, 1.82) is 0 Å². The molecule has 1 N–H and O–H groups in total. The Hall–Kier alpha value is -2.73. The van der Waals surface area contributed by atoms with Crippen LogP contribution in [0.2, 0.25) is 0 Å². The Morgan fingerprint density at radius 1 is 1.26 bits per heavy atom. The van der Waals surface area contributed by atoms with Crippen molar-refractivity contribution in [3.63, 3.8) is 0 Å². The van der Waals surface area contributed by atoms with Crippen molar-refractivity contribution in [3.8, 4) is 5.75 Å². The molecule has 6 rings (SSSR count). The van der Waals surface area contributed by atoms with Crippen LogP contribution in [0.4, 0.5) is 0 Å². The molecular formula is C25H28N2O4. The number of aromatic amines is 1. The minimum atomic E-state index is -0.304. The predicted molar refractivity (Wildman–Crippen MR) is 116 cm³/mol. The molecule has 1 aromatic carbocycles. The number of hydrogen-bond acceptors (Lipinski definition) is 5. The number of piperidine rings is 2. The van der Waals surface area contributed by atoms with Gasteiger partial charge in [0.05, 0.1) is 18.1 Å². The molecule has 31 heavy (non-hydrogen) atoms. The molecule has 2 unspecified atom stereocenters. The average molecular weight is 421 g/mol. The zero-order chi connectivity index (χ0) is 21.0. The molecule has 0 aliphatic carbocycles. The van der Waals surface area contributed by atoms with E-state index in [1.807, 2.05) is 19.1 Å². The lowest BCUT2D eigenvalue weighted by Gasteiger charge is -2.56. The summed E-state index contributed by atoms with van der Waals surface area (Å²) in [4.78, 5) is 19.1. The fraction of sp³-hybridized carbons (Fsp3) is 0.480. The Balaban J connectivity index is 1.40. The van der Waals surface area contributed by atoms with Crippen LogP contribution in [0.25, 0.3) is 10.9 Å². The fourth-order valence-electron chi connectivity index (χ4n) is 6.06. The number of aryl methyl sites for hydroxylation is 1. The number of carbonyl (C=O) groups is 1. The van der Waals surface area contributed by atoms with Crippen LogP contribution in [0, 0.1) is 12.8 Å². The minimum Gasteiger partial charge on any atom is -0.472 e. The van der Waals surface area contributed by atoms with Crippen molar-refractivity contribution in [3.05, 3.63) is 53.1 Å². The van der Waals surface area contributed by atoms with Crippen molar-refractivity contribution < 1.29 is 18.7 Å². The van der Waals surface area contributed by atoms with Gasteiger partial charge in [0.1, 0.15) is 12.4 Å². The van der Waals surface area contributed by atoms with E-state index in [4.69, 9.17) is 13.9 Å². The van der Waals surface area contributed by atoms with Crippen molar-refractivity contribution in [2.24, 2.45) is 5.92 Å². The van der Waals surface area contributed by atoms with Crippen LogP contribution in [-0.2, 0) is 17.8 Å². The summed E-state index contributed by atoms with van der Waals surface area (Å²) in [5.74, 6) is 1.09. The molecule has 5 heterocycles. The smallest absolute Gasteiger partial charge is 0.340 e. The lowest BCUT2D eigenvalue weighted by Crippen LogP contribution is -2.64. The lowest BCUT2D eigenvalue weighted by atomic mass is 9.74. The summed E-state index contributed by atoms with van der Waals surface area (Å²) in [7, 11) is 0. The van der Waals surface area contributed by atoms with Gasteiger partial charge in [-0.05, 0) is 57.2 Å². The number of H-pyrrole nitrogens is 1. The first-order chi connectivity index (χ1) is 15.2. The third kappa shape index (κ3) is 2.92. The van der Waals surface area contributed by atoms with Gasteiger partial charge >= 0.3 is 5.97 Å². The first kappa shape index (κ1) is 19.0. The van der Waals surface area contributed by atoms with Gasteiger partial charge in [0.15, 0.2) is 5.72 Å². The van der Waals surface area contributed by atoms with Crippen molar-refractivity contribution >= 4 is 16.9 Å². The number of ether oxygens (including phenoxy) is 2. The number of nitrogens with one attached hydrogen (secondary N) is 1. The molecule has 0 bridgehead atoms. The number of rotatable bonds is 3. The Kier molecular flexibility index (Phi) is 4.39. The van der Waals surface area contributed by atoms with Crippen molar-refractivity contribution in [2.75, 3.05) is 13.1 Å². The van der Waals surface area contributed by atoms with E-state index in [-0.39, 0.29) is 18.3 Å². The van der Waals surface area contributed by atoms with Crippen LogP contribution in [0.5, 0.6) is 5.75 Å². The Morgan fingerprint density at radius 3 is 3.03 bits per heavy atom. The predicted octanol–water partition coefficient (Wildman–Crippen LogP) is 4.95. The summed E-state index contributed by atoms with van der Waals surface area (Å²) >= 11 is 0. The molecule has 2 saturated heterocycles. The van der Waals surface area contributed by atoms with E-state index in [1.165, 1.54) is 25.7 Å². The Bertz CT molecular complexity index is 1130. The normalized spacial score (nSPS) is 25.4. The zero-order valence-electron chi connectivity index (χ0n) is 17.9. The number of hydrogen-bond donors (Lipinski definition) is 1. The molecule has 1 spiro atoms. The standard InChI is InChI=1S/C25H28N2O4/c1-16-22(24(28)30-15-17-8-12-29-14-17)23-19-13-18-5-4-11-27-10-3-2-9-25(18,27)31-21(19)7-6-20(23)26-16/h6-8,12,14,18,26H,2-5,9-11,13,15H2,1H3. The highest BCUT2D eigenvalue weighted by atomic mass is 16.5. The van der Waals surface area contributed by atoms with Crippen LogP contribution < -0.4 is 4.74 Å². The fourth-order valence-corrected chi connectivity index (χ4v) is 6.06. The molecule has 3 aromatic rings. The molecule has 6 heteroatoms. The summed E-state index contributed by atoms with van der Waals surface area (Å²) in [5, 5.41) is 0.968. The van der Waals surface area contributed by atoms with Gasteiger partial charge in [-0.1, -0.05) is 0 Å². The van der Waals surface area contributed by atoms with Crippen LogP contribution >= 0.6 is 0 Å². The number of esters is 1. The molecule has 162 valence electrons. The maximum Gasteiger partial charge on any atom is 0.340 e. The Morgan fingerprint density at radius 2 is 2.16 bits per heavy atom. The number of benzene rings is 1. The van der Waals surface area contributed by atoms with Crippen molar-refractivity contribution in [2.45, 2.75) is 57.8 Å². The topological polar surface area (TPSA) is 67.7 Å². The van der Waals surface area contributed by atoms with Gasteiger partial charge in [-0.15, -0.1) is 0 Å². The van der Waals surface area contributed by atoms with Gasteiger partial charge in [0, 0.05) is 53.2 Å². The summed E-state index contributed by atoms with van der Waals surface area (Å²) < 4.78 is 17.6. The molecule has 6 nitrogen and oxygen atoms in total. The summed E-state index contributed by atoms with van der Waals surface area (Å²) in [6, 6.07) is 5.94. The third-order valence-corrected chi connectivity index (χ3v) is 7.48. The van der Waals surface area contributed by atoms with Gasteiger partial charge in [-0.2, -0.15) is 0 Å². The molecule has 2 atom stereocenters. The van der Waals surface area contributed by atoms with Gasteiger partial charge in [0.25, 0.3) is 0 Å². The number of fused-ring (bicyclic) bond motifs is 3. The number of furan rings is 1. The van der Waals surface area contributed by atoms with Crippen LogP contribution in [0.1, 0.15) is 59.3 Å². The zero-order valence-corrected chi connectivity index (χ0v) is 17.9. The maximum absolute atomic E-state index is 13.1.